The van der Waals surface area contributed by atoms with Gasteiger partial charge >= 0.3 is 0 Å². The first-order valence-electron chi connectivity index (χ1n) is 10.1. The second-order valence-electron chi connectivity index (χ2n) is 7.08. The maximum Gasteiger partial charge on any atom is 0.141 e. The van der Waals surface area contributed by atoms with Gasteiger partial charge in [0.2, 0.25) is 0 Å². The second kappa shape index (κ2) is 11.9. The zero-order valence-electron chi connectivity index (χ0n) is 15.6. The molecule has 25 heavy (non-hydrogen) atoms. The number of hydrogen-bond donors (Lipinski definition) is 2. The molecule has 2 aromatic rings. The Kier molecular flexibility index (Phi) is 9.35. The Morgan fingerprint density at radius 2 is 1.32 bits per heavy atom. The molecule has 0 unspecified atom stereocenters. The molecule has 0 saturated heterocycles. The minimum absolute atomic E-state index is 0.280. The van der Waals surface area contributed by atoms with Crippen molar-refractivity contribution in [3.05, 3.63) is 36.0 Å². The quantitative estimate of drug-likeness (QED) is 0.457. The maximum atomic E-state index is 9.90. The average molecular weight is 343 g/mol. The molecule has 3 heteroatoms. The van der Waals surface area contributed by atoms with Gasteiger partial charge in [-0.1, -0.05) is 76.0 Å². The number of rotatable bonds is 13. The Bertz CT molecular complexity index is 612. The van der Waals surface area contributed by atoms with Crippen LogP contribution in [0.3, 0.4) is 0 Å². The first-order valence-corrected chi connectivity index (χ1v) is 10.1. The minimum atomic E-state index is 0.280. The van der Waals surface area contributed by atoms with Crippen LogP contribution in [-0.2, 0) is 6.42 Å². The third-order valence-electron chi connectivity index (χ3n) is 4.89. The van der Waals surface area contributed by atoms with Gasteiger partial charge in [-0.2, -0.15) is 0 Å². The van der Waals surface area contributed by atoms with Crippen molar-refractivity contribution >= 4 is 10.9 Å². The van der Waals surface area contributed by atoms with Crippen molar-refractivity contribution in [2.45, 2.75) is 77.0 Å². The lowest BCUT2D eigenvalue weighted by atomic mass is 10.0. The molecule has 3 nitrogen and oxygen atoms in total. The fourth-order valence-electron chi connectivity index (χ4n) is 3.35. The summed E-state index contributed by atoms with van der Waals surface area (Å²) in [6.45, 7) is 0.843. The third-order valence-corrected chi connectivity index (χ3v) is 4.89. The predicted molar refractivity (Wildman–Crippen MR) is 107 cm³/mol. The second-order valence-corrected chi connectivity index (χ2v) is 7.08. The lowest BCUT2D eigenvalue weighted by Crippen LogP contribution is -1.97. The Morgan fingerprint density at radius 3 is 1.96 bits per heavy atom. The number of pyridine rings is 1. The monoisotopic (exact) mass is 342 g/mol. The molecule has 138 valence electrons. The van der Waals surface area contributed by atoms with Gasteiger partial charge in [-0.15, -0.1) is 0 Å². The molecule has 0 saturated carbocycles. The molecule has 1 aromatic heterocycles. The minimum Gasteiger partial charge on any atom is -0.506 e. The van der Waals surface area contributed by atoms with E-state index in [1.807, 2.05) is 12.1 Å². The topological polar surface area (TPSA) is 59.1 Å². The molecule has 0 spiro atoms. The standard InChI is InChI=1S/C22H34N2O/c23-18-11-9-7-5-3-1-2-4-6-8-10-14-20-17-16-19-13-12-15-21(25)22(19)24-20/h12-13,15-17,25H,1-11,14,18,23H2. The maximum absolute atomic E-state index is 9.90. The summed E-state index contributed by atoms with van der Waals surface area (Å²) in [5, 5.41) is 10.9. The highest BCUT2D eigenvalue weighted by Gasteiger charge is 2.02. The van der Waals surface area contributed by atoms with E-state index in [1.165, 1.54) is 70.6 Å². The average Bonchev–Trinajstić information content (AvgIpc) is 2.63. The number of hydrogen-bond acceptors (Lipinski definition) is 3. The molecule has 0 fully saturated rings. The summed E-state index contributed by atoms with van der Waals surface area (Å²) in [5.74, 6) is 0.280. The molecule has 0 amide bonds. The van der Waals surface area contributed by atoms with Crippen LogP contribution in [0.5, 0.6) is 5.75 Å². The van der Waals surface area contributed by atoms with Gasteiger partial charge in [0, 0.05) is 11.1 Å². The van der Waals surface area contributed by atoms with Crippen LogP contribution in [0.1, 0.15) is 76.3 Å². The highest BCUT2D eigenvalue weighted by atomic mass is 16.3. The molecule has 2 rings (SSSR count). The smallest absolute Gasteiger partial charge is 0.141 e. The van der Waals surface area contributed by atoms with Crippen molar-refractivity contribution in [3.8, 4) is 5.75 Å². The van der Waals surface area contributed by atoms with Crippen molar-refractivity contribution in [1.82, 2.24) is 4.98 Å². The number of aryl methyl sites for hydroxylation is 1. The summed E-state index contributed by atoms with van der Waals surface area (Å²) < 4.78 is 0. The number of fused-ring (bicyclic) bond motifs is 1. The van der Waals surface area contributed by atoms with E-state index in [2.05, 4.69) is 17.1 Å². The number of para-hydroxylation sites is 1. The zero-order valence-corrected chi connectivity index (χ0v) is 15.6. The lowest BCUT2D eigenvalue weighted by Gasteiger charge is -2.05. The first kappa shape index (κ1) is 19.7. The van der Waals surface area contributed by atoms with Crippen LogP contribution in [0.15, 0.2) is 30.3 Å². The van der Waals surface area contributed by atoms with Gasteiger partial charge in [0.05, 0.1) is 0 Å². The fourth-order valence-corrected chi connectivity index (χ4v) is 3.35. The van der Waals surface area contributed by atoms with Crippen molar-refractivity contribution in [3.63, 3.8) is 0 Å². The summed E-state index contributed by atoms with van der Waals surface area (Å²) in [5.41, 5.74) is 7.32. The molecule has 0 bridgehead atoms. The van der Waals surface area contributed by atoms with Crippen LogP contribution < -0.4 is 5.73 Å². The summed E-state index contributed by atoms with van der Waals surface area (Å²) in [4.78, 5) is 4.61. The highest BCUT2D eigenvalue weighted by molar-refractivity contribution is 5.84. The third kappa shape index (κ3) is 7.43. The van der Waals surface area contributed by atoms with E-state index in [9.17, 15) is 5.11 Å². The number of phenolic OH excluding ortho intramolecular Hbond substituents is 1. The first-order chi connectivity index (χ1) is 12.3. The predicted octanol–water partition coefficient (Wildman–Crippen LogP) is 5.73. The van der Waals surface area contributed by atoms with E-state index < -0.39 is 0 Å². The van der Waals surface area contributed by atoms with Gasteiger partial charge in [-0.05, 0) is 37.9 Å². The number of aromatic hydroxyl groups is 1. The molecule has 0 radical (unpaired) electrons. The molecule has 0 aliphatic carbocycles. The summed E-state index contributed by atoms with van der Waals surface area (Å²) in [7, 11) is 0. The number of unbranched alkanes of at least 4 members (excludes halogenated alkanes) is 10. The van der Waals surface area contributed by atoms with Crippen LogP contribution in [0.4, 0.5) is 0 Å². The van der Waals surface area contributed by atoms with Gasteiger partial charge < -0.3 is 10.8 Å². The van der Waals surface area contributed by atoms with Gasteiger partial charge in [-0.25, -0.2) is 4.98 Å². The number of benzene rings is 1. The van der Waals surface area contributed by atoms with E-state index in [1.54, 1.807) is 6.07 Å². The largest absolute Gasteiger partial charge is 0.506 e. The lowest BCUT2D eigenvalue weighted by molar-refractivity contribution is 0.480. The van der Waals surface area contributed by atoms with E-state index in [4.69, 9.17) is 5.73 Å². The molecule has 0 aliphatic rings. The number of nitrogens with zero attached hydrogens (tertiary/aromatic N) is 1. The summed E-state index contributed by atoms with van der Waals surface area (Å²) in [6.07, 6.45) is 15.5. The van der Waals surface area contributed by atoms with Crippen LogP contribution in [0.2, 0.25) is 0 Å². The number of phenols is 1. The molecule has 3 N–H and O–H groups in total. The Morgan fingerprint density at radius 1 is 0.720 bits per heavy atom. The summed E-state index contributed by atoms with van der Waals surface area (Å²) in [6, 6.07) is 9.71. The zero-order chi connectivity index (χ0) is 17.7. The van der Waals surface area contributed by atoms with Crippen LogP contribution in [0, 0.1) is 0 Å². The highest BCUT2D eigenvalue weighted by Crippen LogP contribution is 2.23. The van der Waals surface area contributed by atoms with Gasteiger partial charge in [-0.3, -0.25) is 0 Å². The number of nitrogens with two attached hydrogens (primary N) is 1. The Labute approximate surface area is 152 Å². The van der Waals surface area contributed by atoms with E-state index in [0.717, 1.165) is 29.6 Å². The SMILES string of the molecule is NCCCCCCCCCCCCCc1ccc2cccc(O)c2n1. The Hall–Kier alpha value is -1.61. The molecule has 1 heterocycles. The molecule has 1 aromatic carbocycles. The molecular weight excluding hydrogens is 308 g/mol. The normalized spacial score (nSPS) is 11.2. The van der Waals surface area contributed by atoms with Gasteiger partial charge in [0.1, 0.15) is 11.3 Å². The van der Waals surface area contributed by atoms with Gasteiger partial charge in [0.25, 0.3) is 0 Å². The van der Waals surface area contributed by atoms with Crippen molar-refractivity contribution in [2.24, 2.45) is 5.73 Å². The van der Waals surface area contributed by atoms with E-state index >= 15 is 0 Å². The number of aromatic nitrogens is 1. The van der Waals surface area contributed by atoms with Crippen LogP contribution in [0.25, 0.3) is 10.9 Å². The summed E-state index contributed by atoms with van der Waals surface area (Å²) >= 11 is 0. The molecular formula is C22H34N2O. The fraction of sp³-hybridized carbons (Fsp3) is 0.591. The van der Waals surface area contributed by atoms with Crippen LogP contribution >= 0.6 is 0 Å². The van der Waals surface area contributed by atoms with Crippen molar-refractivity contribution < 1.29 is 5.11 Å². The molecule has 0 aliphatic heterocycles. The van der Waals surface area contributed by atoms with Gasteiger partial charge in [0.15, 0.2) is 0 Å². The van der Waals surface area contributed by atoms with E-state index in [-0.39, 0.29) is 5.75 Å². The Balaban J connectivity index is 1.51. The van der Waals surface area contributed by atoms with Crippen molar-refractivity contribution in [2.75, 3.05) is 6.54 Å². The van der Waals surface area contributed by atoms with Crippen molar-refractivity contribution in [1.29, 1.82) is 0 Å². The van der Waals surface area contributed by atoms with E-state index in [0.29, 0.717) is 0 Å². The molecule has 0 atom stereocenters. The van der Waals surface area contributed by atoms with Crippen LogP contribution in [-0.4, -0.2) is 16.6 Å².